The quantitative estimate of drug-likeness (QED) is 0.331. The molecule has 0 bridgehead atoms. The Balaban J connectivity index is 0.00000289. The molecular weight excluding hydrogens is 547 g/mol. The summed E-state index contributed by atoms with van der Waals surface area (Å²) in [6.45, 7) is 0.0308. The average Bonchev–Trinajstić information content (AvgIpc) is 3.28. The molecule has 0 aliphatic carbocycles. The van der Waals surface area contributed by atoms with Gasteiger partial charge < -0.3 is 20.0 Å². The second kappa shape index (κ2) is 11.5. The number of halogens is 1. The number of thioether (sulfide) groups is 1. The van der Waals surface area contributed by atoms with Gasteiger partial charge in [-0.15, -0.1) is 23.1 Å². The molecule has 32 heavy (non-hydrogen) atoms. The Labute approximate surface area is 226 Å². The van der Waals surface area contributed by atoms with Gasteiger partial charge in [0.2, 0.25) is 5.91 Å². The molecule has 3 heterocycles. The van der Waals surface area contributed by atoms with E-state index in [9.17, 15) is 19.5 Å². The van der Waals surface area contributed by atoms with Crippen LogP contribution in [0.1, 0.15) is 4.88 Å². The first-order valence-corrected chi connectivity index (χ1v) is 13.8. The number of aliphatic carboxylic acids is 1. The van der Waals surface area contributed by atoms with Crippen molar-refractivity contribution in [1.82, 2.24) is 10.2 Å². The third-order valence-electron chi connectivity index (χ3n) is 4.80. The van der Waals surface area contributed by atoms with Gasteiger partial charge >= 0.3 is 29.6 Å². The van der Waals surface area contributed by atoms with Crippen LogP contribution >= 0.6 is 48.1 Å². The Kier molecular flexibility index (Phi) is 9.19. The number of β-lactam (4-membered cyclic amide) rings is 1. The van der Waals surface area contributed by atoms with Crippen molar-refractivity contribution in [2.24, 2.45) is 0 Å². The number of nitrogens with one attached hydrogen (secondary N) is 1. The third-order valence-corrected chi connectivity index (χ3v) is 8.59. The van der Waals surface area contributed by atoms with Crippen LogP contribution in [0.4, 0.5) is 0 Å². The van der Waals surface area contributed by atoms with E-state index in [-0.39, 0.29) is 54.2 Å². The van der Waals surface area contributed by atoms with E-state index in [4.69, 9.17) is 4.74 Å². The molecule has 0 saturated carbocycles. The van der Waals surface area contributed by atoms with E-state index in [1.165, 1.54) is 38.2 Å². The van der Waals surface area contributed by atoms with Gasteiger partial charge in [-0.1, -0.05) is 6.07 Å². The summed E-state index contributed by atoms with van der Waals surface area (Å²) < 4.78 is 5.72. The molecule has 7 nitrogen and oxygen atoms in total. The number of rotatable bonds is 8. The number of fused-ring (bicyclic) bond motifs is 1. The molecule has 162 valence electrons. The predicted octanol–water partition coefficient (Wildman–Crippen LogP) is -0.820. The molecular formula is C20H16BrN2NaO5S3. The number of carbonyl (C=O) groups excluding carboxylic acids is 3. The standard InChI is InChI=1S/C20H17BrN2O5S3.Na/c21-31-13-5-3-12(4-6-13)28-9-11-10-30-19-16(18(25)23(19)17(11)20(26)27)22-15(24)8-14-2-1-7-29-14;/h1-7,16,19H,8-10H2,(H,22,24)(H,26,27);/q;+1/p-1/t16?,19-;/m1./s1. The van der Waals surface area contributed by atoms with E-state index >= 15 is 0 Å². The zero-order chi connectivity index (χ0) is 22.0. The SMILES string of the molecule is O=C(Cc1cccs1)NC1C(=O)N2C(C(=O)[O-])=C(COc3ccc(SBr)cc3)CS[C@H]12.[Na+]. The molecule has 12 heteroatoms. The minimum absolute atomic E-state index is 0. The molecule has 1 aromatic carbocycles. The molecule has 1 fully saturated rings. The van der Waals surface area contributed by atoms with E-state index < -0.39 is 23.3 Å². The van der Waals surface area contributed by atoms with Crippen LogP contribution in [0.15, 0.2) is 57.9 Å². The minimum Gasteiger partial charge on any atom is -0.543 e. The molecule has 2 atom stereocenters. The Morgan fingerprint density at radius 1 is 1.28 bits per heavy atom. The van der Waals surface area contributed by atoms with Crippen molar-refractivity contribution in [3.8, 4) is 5.75 Å². The summed E-state index contributed by atoms with van der Waals surface area (Å²) in [5.41, 5.74) is 0.307. The average molecular weight is 563 g/mol. The molecule has 1 saturated heterocycles. The van der Waals surface area contributed by atoms with Gasteiger partial charge in [-0.3, -0.25) is 14.5 Å². The second-order valence-corrected chi connectivity index (χ2v) is 10.5. The van der Waals surface area contributed by atoms with Gasteiger partial charge in [0.25, 0.3) is 5.91 Å². The number of carbonyl (C=O) groups is 3. The summed E-state index contributed by atoms with van der Waals surface area (Å²) in [5.74, 6) is -1.18. The number of carboxylic acid groups (broad SMARTS) is 1. The summed E-state index contributed by atoms with van der Waals surface area (Å²) >= 11 is 6.16. The zero-order valence-corrected chi connectivity index (χ0v) is 22.9. The van der Waals surface area contributed by atoms with Crippen molar-refractivity contribution in [3.63, 3.8) is 0 Å². The van der Waals surface area contributed by atoms with Crippen molar-refractivity contribution in [3.05, 3.63) is 57.9 Å². The summed E-state index contributed by atoms with van der Waals surface area (Å²) in [5, 5.41) is 16.0. The molecule has 0 radical (unpaired) electrons. The van der Waals surface area contributed by atoms with Crippen molar-refractivity contribution >= 4 is 65.9 Å². The van der Waals surface area contributed by atoms with Gasteiger partial charge in [0.05, 0.1) is 18.1 Å². The van der Waals surface area contributed by atoms with Crippen LogP contribution in [-0.2, 0) is 20.8 Å². The molecule has 1 unspecified atom stereocenters. The Morgan fingerprint density at radius 3 is 2.66 bits per heavy atom. The summed E-state index contributed by atoms with van der Waals surface area (Å²) in [7, 11) is 1.43. The maximum atomic E-state index is 12.7. The van der Waals surface area contributed by atoms with Gasteiger partial charge in [0, 0.05) is 21.1 Å². The Morgan fingerprint density at radius 2 is 2.03 bits per heavy atom. The summed E-state index contributed by atoms with van der Waals surface area (Å²) in [6, 6.07) is 10.3. The van der Waals surface area contributed by atoms with Gasteiger partial charge in [0.15, 0.2) is 0 Å². The van der Waals surface area contributed by atoms with E-state index in [2.05, 4.69) is 20.1 Å². The molecule has 2 aliphatic heterocycles. The van der Waals surface area contributed by atoms with Crippen LogP contribution in [0, 0.1) is 0 Å². The van der Waals surface area contributed by atoms with E-state index in [0.29, 0.717) is 17.1 Å². The number of ether oxygens (including phenoxy) is 1. The maximum absolute atomic E-state index is 12.7. The van der Waals surface area contributed by atoms with Gasteiger partial charge in [0.1, 0.15) is 23.8 Å². The Bertz CT molecular complexity index is 1030. The largest absolute Gasteiger partial charge is 1.00 e. The smallest absolute Gasteiger partial charge is 0.543 e. The van der Waals surface area contributed by atoms with Crippen LogP contribution in [0.25, 0.3) is 0 Å². The first kappa shape index (κ1) is 25.7. The fourth-order valence-corrected chi connectivity index (χ4v) is 6.25. The number of nitrogens with zero attached hydrogens (tertiary/aromatic N) is 1. The first-order valence-electron chi connectivity index (χ1n) is 9.19. The van der Waals surface area contributed by atoms with Crippen molar-refractivity contribution < 1.29 is 53.8 Å². The molecule has 2 aromatic rings. The topological polar surface area (TPSA) is 98.8 Å². The fraction of sp³-hybridized carbons (Fsp3) is 0.250. The third kappa shape index (κ3) is 5.57. The van der Waals surface area contributed by atoms with Gasteiger partial charge in [-0.25, -0.2) is 0 Å². The predicted molar refractivity (Wildman–Crippen MR) is 122 cm³/mol. The van der Waals surface area contributed by atoms with Crippen LogP contribution in [-0.4, -0.2) is 46.5 Å². The number of benzene rings is 1. The van der Waals surface area contributed by atoms with E-state index in [1.54, 1.807) is 12.1 Å². The van der Waals surface area contributed by atoms with Crippen LogP contribution in [0.2, 0.25) is 0 Å². The molecule has 2 amide bonds. The van der Waals surface area contributed by atoms with Gasteiger partial charge in [-0.05, 0) is 60.7 Å². The number of amides is 2. The zero-order valence-electron chi connectivity index (χ0n) is 16.9. The van der Waals surface area contributed by atoms with Crippen LogP contribution in [0.5, 0.6) is 5.75 Å². The number of hydrogen-bond donors (Lipinski definition) is 1. The van der Waals surface area contributed by atoms with E-state index in [1.807, 2.05) is 29.6 Å². The summed E-state index contributed by atoms with van der Waals surface area (Å²) in [6.07, 6.45) is 0.188. The molecule has 0 spiro atoms. The van der Waals surface area contributed by atoms with E-state index in [0.717, 1.165) is 9.77 Å². The molecule has 2 aliphatic rings. The van der Waals surface area contributed by atoms with Crippen LogP contribution < -0.4 is 44.7 Å². The Hall–Kier alpha value is -0.950. The molecule has 1 N–H and O–H groups in total. The number of carboxylic acids is 1. The fourth-order valence-electron chi connectivity index (χ4n) is 3.34. The first-order chi connectivity index (χ1) is 15.0. The monoisotopic (exact) mass is 562 g/mol. The maximum Gasteiger partial charge on any atom is 1.00 e. The minimum atomic E-state index is -1.42. The summed E-state index contributed by atoms with van der Waals surface area (Å²) in [4.78, 5) is 39.9. The van der Waals surface area contributed by atoms with Crippen molar-refractivity contribution in [1.29, 1.82) is 0 Å². The van der Waals surface area contributed by atoms with Gasteiger partial charge in [-0.2, -0.15) is 0 Å². The molecule has 1 aromatic heterocycles. The van der Waals surface area contributed by atoms with Crippen LogP contribution in [0.3, 0.4) is 0 Å². The molecule has 4 rings (SSSR count). The normalized spacial score (nSPS) is 19.5. The number of hydrogen-bond acceptors (Lipinski definition) is 8. The van der Waals surface area contributed by atoms with Crippen molar-refractivity contribution in [2.45, 2.75) is 22.7 Å². The second-order valence-electron chi connectivity index (χ2n) is 6.79. The number of thiophene rings is 1. The van der Waals surface area contributed by atoms with Crippen molar-refractivity contribution in [2.75, 3.05) is 12.4 Å².